The molecule has 0 aliphatic carbocycles. The molecule has 1 aliphatic rings. The van der Waals surface area contributed by atoms with Gasteiger partial charge in [0.2, 0.25) is 5.91 Å². The lowest BCUT2D eigenvalue weighted by atomic mass is 9.93. The van der Waals surface area contributed by atoms with Crippen LogP contribution >= 0.6 is 0 Å². The predicted molar refractivity (Wildman–Crippen MR) is 85.5 cm³/mol. The number of likely N-dealkylation sites (N-methyl/N-ethyl adjacent to an activating group) is 1. The Bertz CT molecular complexity index is 639. The average Bonchev–Trinajstić information content (AvgIpc) is 2.64. The molecule has 1 N–H and O–H groups in total. The van der Waals surface area contributed by atoms with Crippen LogP contribution in [-0.2, 0) is 4.79 Å². The fourth-order valence-electron chi connectivity index (χ4n) is 3.09. The van der Waals surface area contributed by atoms with Gasteiger partial charge in [0.1, 0.15) is 6.04 Å². The zero-order valence-corrected chi connectivity index (χ0v) is 12.4. The van der Waals surface area contributed by atoms with Gasteiger partial charge in [0, 0.05) is 12.2 Å². The number of rotatable bonds is 2. The summed E-state index contributed by atoms with van der Waals surface area (Å²) in [7, 11) is 1.85. The van der Waals surface area contributed by atoms with E-state index in [0.717, 1.165) is 11.3 Å². The molecule has 0 radical (unpaired) electrons. The third-order valence-corrected chi connectivity index (χ3v) is 4.16. The molecule has 3 nitrogen and oxygen atoms in total. The maximum Gasteiger partial charge on any atom is 0.248 e. The van der Waals surface area contributed by atoms with Crippen molar-refractivity contribution in [1.82, 2.24) is 5.32 Å². The highest BCUT2D eigenvalue weighted by molar-refractivity contribution is 5.98. The van der Waals surface area contributed by atoms with Gasteiger partial charge in [-0.2, -0.15) is 0 Å². The number of carbonyl (C=O) groups excluding carboxylic acids is 1. The Morgan fingerprint density at radius 1 is 1.00 bits per heavy atom. The summed E-state index contributed by atoms with van der Waals surface area (Å²) in [6, 6.07) is 17.9. The van der Waals surface area contributed by atoms with Crippen LogP contribution in [0.15, 0.2) is 54.6 Å². The average molecular weight is 280 g/mol. The highest BCUT2D eigenvalue weighted by Crippen LogP contribution is 2.33. The van der Waals surface area contributed by atoms with Crippen molar-refractivity contribution in [2.75, 3.05) is 18.5 Å². The number of para-hydroxylation sites is 1. The molecule has 0 saturated heterocycles. The van der Waals surface area contributed by atoms with E-state index in [1.165, 1.54) is 5.56 Å². The number of hydrogen-bond acceptors (Lipinski definition) is 2. The first-order valence-corrected chi connectivity index (χ1v) is 7.35. The van der Waals surface area contributed by atoms with E-state index in [4.69, 9.17) is 0 Å². The fraction of sp³-hybridized carbons (Fsp3) is 0.278. The minimum absolute atomic E-state index is 0.112. The number of nitrogens with one attached hydrogen (secondary N) is 1. The van der Waals surface area contributed by atoms with E-state index in [1.54, 1.807) is 0 Å². The van der Waals surface area contributed by atoms with Crippen molar-refractivity contribution in [3.8, 4) is 0 Å². The van der Waals surface area contributed by atoms with E-state index in [-0.39, 0.29) is 11.9 Å². The molecule has 2 aromatic rings. The van der Waals surface area contributed by atoms with Crippen LogP contribution in [-0.4, -0.2) is 19.5 Å². The molecular formula is C18H20N2O. The zero-order valence-electron chi connectivity index (χ0n) is 12.4. The highest BCUT2D eigenvalue weighted by atomic mass is 16.2. The number of amides is 1. The van der Waals surface area contributed by atoms with Crippen LogP contribution in [0.5, 0.6) is 0 Å². The van der Waals surface area contributed by atoms with Gasteiger partial charge in [-0.25, -0.2) is 0 Å². The second-order valence-electron chi connectivity index (χ2n) is 5.54. The minimum Gasteiger partial charge on any atom is -0.310 e. The van der Waals surface area contributed by atoms with Crippen LogP contribution in [0, 0.1) is 0 Å². The van der Waals surface area contributed by atoms with Crippen molar-refractivity contribution in [2.45, 2.75) is 18.9 Å². The van der Waals surface area contributed by atoms with Gasteiger partial charge in [0.05, 0.1) is 0 Å². The standard InChI is InChI=1S/C18H20N2O/c1-13-12-20(14-8-4-3-5-9-14)18(21)17(19-2)16-11-7-6-10-15(13)16/h3-11,13,17,19H,12H2,1-2H3. The maximum absolute atomic E-state index is 12.9. The first-order chi connectivity index (χ1) is 10.2. The Hall–Kier alpha value is -2.13. The molecule has 2 unspecified atom stereocenters. The lowest BCUT2D eigenvalue weighted by Crippen LogP contribution is -2.39. The summed E-state index contributed by atoms with van der Waals surface area (Å²) in [5.41, 5.74) is 3.31. The minimum atomic E-state index is -0.286. The van der Waals surface area contributed by atoms with Gasteiger partial charge in [0.25, 0.3) is 0 Å². The first kappa shape index (κ1) is 13.8. The Balaban J connectivity index is 2.07. The van der Waals surface area contributed by atoms with E-state index in [0.29, 0.717) is 12.5 Å². The quantitative estimate of drug-likeness (QED) is 0.917. The molecule has 0 spiro atoms. The van der Waals surface area contributed by atoms with Crippen molar-refractivity contribution >= 4 is 11.6 Å². The van der Waals surface area contributed by atoms with E-state index < -0.39 is 0 Å². The molecule has 3 rings (SSSR count). The molecule has 2 aromatic carbocycles. The molecule has 3 heteroatoms. The lowest BCUT2D eigenvalue weighted by molar-refractivity contribution is -0.120. The Labute approximate surface area is 125 Å². The van der Waals surface area contributed by atoms with E-state index >= 15 is 0 Å². The molecule has 21 heavy (non-hydrogen) atoms. The summed E-state index contributed by atoms with van der Waals surface area (Å²) in [6.45, 7) is 2.89. The lowest BCUT2D eigenvalue weighted by Gasteiger charge is -2.25. The summed E-state index contributed by atoms with van der Waals surface area (Å²) in [5.74, 6) is 0.421. The summed E-state index contributed by atoms with van der Waals surface area (Å²) in [5, 5.41) is 3.18. The molecule has 0 saturated carbocycles. The predicted octanol–water partition coefficient (Wildman–Crippen LogP) is 3.10. The fourth-order valence-corrected chi connectivity index (χ4v) is 3.09. The van der Waals surface area contributed by atoms with Gasteiger partial charge in [-0.3, -0.25) is 4.79 Å². The van der Waals surface area contributed by atoms with Crippen molar-refractivity contribution in [3.05, 3.63) is 65.7 Å². The summed E-state index contributed by atoms with van der Waals surface area (Å²) in [4.78, 5) is 14.8. The molecule has 108 valence electrons. The van der Waals surface area contributed by atoms with Crippen LogP contribution in [0.2, 0.25) is 0 Å². The Morgan fingerprint density at radius 2 is 1.62 bits per heavy atom. The smallest absolute Gasteiger partial charge is 0.248 e. The molecule has 0 bridgehead atoms. The van der Waals surface area contributed by atoms with Gasteiger partial charge in [0.15, 0.2) is 0 Å². The number of benzene rings is 2. The highest BCUT2D eigenvalue weighted by Gasteiger charge is 2.33. The van der Waals surface area contributed by atoms with Gasteiger partial charge < -0.3 is 10.2 Å². The number of hydrogen-bond donors (Lipinski definition) is 1. The molecule has 1 heterocycles. The molecule has 0 fully saturated rings. The third kappa shape index (κ3) is 2.45. The summed E-state index contributed by atoms with van der Waals surface area (Å²) in [6.07, 6.45) is 0. The van der Waals surface area contributed by atoms with Crippen molar-refractivity contribution < 1.29 is 4.79 Å². The molecule has 1 amide bonds. The number of carbonyl (C=O) groups is 1. The molecule has 0 aromatic heterocycles. The maximum atomic E-state index is 12.9. The zero-order chi connectivity index (χ0) is 14.8. The van der Waals surface area contributed by atoms with Crippen LogP contribution in [0.1, 0.15) is 30.0 Å². The number of anilines is 1. The van der Waals surface area contributed by atoms with Crippen LogP contribution < -0.4 is 10.2 Å². The first-order valence-electron chi connectivity index (χ1n) is 7.35. The monoisotopic (exact) mass is 280 g/mol. The van der Waals surface area contributed by atoms with Crippen LogP contribution in [0.3, 0.4) is 0 Å². The topological polar surface area (TPSA) is 32.3 Å². The summed E-state index contributed by atoms with van der Waals surface area (Å²) < 4.78 is 0. The van der Waals surface area contributed by atoms with E-state index in [2.05, 4.69) is 24.4 Å². The van der Waals surface area contributed by atoms with Gasteiger partial charge >= 0.3 is 0 Å². The SMILES string of the molecule is CNC1C(=O)N(c2ccccc2)CC(C)c2ccccc21. The van der Waals surface area contributed by atoms with E-state index in [9.17, 15) is 4.79 Å². The van der Waals surface area contributed by atoms with Crippen molar-refractivity contribution in [1.29, 1.82) is 0 Å². The van der Waals surface area contributed by atoms with E-state index in [1.807, 2.05) is 54.4 Å². The number of fused-ring (bicyclic) bond motifs is 1. The van der Waals surface area contributed by atoms with Crippen molar-refractivity contribution in [3.63, 3.8) is 0 Å². The van der Waals surface area contributed by atoms with Crippen molar-refractivity contribution in [2.24, 2.45) is 0 Å². The Morgan fingerprint density at radius 3 is 2.29 bits per heavy atom. The number of nitrogens with zero attached hydrogens (tertiary/aromatic N) is 1. The van der Waals surface area contributed by atoms with Gasteiger partial charge in [-0.05, 0) is 36.2 Å². The Kier molecular flexibility index (Phi) is 3.76. The van der Waals surface area contributed by atoms with Crippen LogP contribution in [0.4, 0.5) is 5.69 Å². The second kappa shape index (κ2) is 5.70. The molecule has 2 atom stereocenters. The van der Waals surface area contributed by atoms with Crippen LogP contribution in [0.25, 0.3) is 0 Å². The largest absolute Gasteiger partial charge is 0.310 e. The second-order valence-corrected chi connectivity index (χ2v) is 5.54. The molecular weight excluding hydrogens is 260 g/mol. The molecule has 1 aliphatic heterocycles. The van der Waals surface area contributed by atoms with Gasteiger partial charge in [-0.15, -0.1) is 0 Å². The third-order valence-electron chi connectivity index (χ3n) is 4.16. The normalized spacial score (nSPS) is 21.8. The van der Waals surface area contributed by atoms with Gasteiger partial charge in [-0.1, -0.05) is 49.4 Å². The summed E-state index contributed by atoms with van der Waals surface area (Å²) >= 11 is 0.